The lowest BCUT2D eigenvalue weighted by molar-refractivity contribution is -0.384. The van der Waals surface area contributed by atoms with E-state index in [1.165, 1.54) is 36.0 Å². The van der Waals surface area contributed by atoms with Crippen LogP contribution in [0.3, 0.4) is 0 Å². The van der Waals surface area contributed by atoms with Crippen LogP contribution in [0, 0.1) is 10.1 Å². The van der Waals surface area contributed by atoms with Crippen molar-refractivity contribution in [2.75, 3.05) is 12.3 Å². The van der Waals surface area contributed by atoms with E-state index in [1.807, 2.05) is 0 Å². The first kappa shape index (κ1) is 13.8. The van der Waals surface area contributed by atoms with Gasteiger partial charge in [0, 0.05) is 17.9 Å². The molecule has 100 valence electrons. The molecule has 0 aromatic heterocycles. The van der Waals surface area contributed by atoms with Gasteiger partial charge in [0.05, 0.1) is 11.5 Å². The molecule has 0 spiro atoms. The Labute approximate surface area is 118 Å². The molecule has 8 heteroatoms. The van der Waals surface area contributed by atoms with Crippen molar-refractivity contribution >= 4 is 40.1 Å². The standard InChI is InChI=1S/C11H10ClN3O3S/c12-9(10(16)14-11-13-5-6-19-11)7-1-3-8(4-2-7)15(17)18/h1-4,9H,5-6H2,(H,13,14,16)/t9-/m0/s1. The maximum absolute atomic E-state index is 11.8. The van der Waals surface area contributed by atoms with E-state index in [1.54, 1.807) is 0 Å². The smallest absolute Gasteiger partial charge is 0.269 e. The summed E-state index contributed by atoms with van der Waals surface area (Å²) in [5.41, 5.74) is 0.470. The summed E-state index contributed by atoms with van der Waals surface area (Å²) >= 11 is 7.48. The monoisotopic (exact) mass is 299 g/mol. The number of thioether (sulfide) groups is 1. The summed E-state index contributed by atoms with van der Waals surface area (Å²) < 4.78 is 0. The second-order valence-corrected chi connectivity index (χ2v) is 5.26. The molecule has 1 N–H and O–H groups in total. The SMILES string of the molecule is O=C(NC1=NCCS1)[C@@H](Cl)c1ccc([N+](=O)[O-])cc1. The van der Waals surface area contributed by atoms with Crippen molar-refractivity contribution in [3.05, 3.63) is 39.9 Å². The van der Waals surface area contributed by atoms with Crippen LogP contribution in [0.25, 0.3) is 0 Å². The minimum Gasteiger partial charge on any atom is -0.304 e. The number of nitrogens with one attached hydrogen (secondary N) is 1. The summed E-state index contributed by atoms with van der Waals surface area (Å²) in [7, 11) is 0. The Morgan fingerprint density at radius 1 is 1.47 bits per heavy atom. The van der Waals surface area contributed by atoms with E-state index in [0.717, 1.165) is 5.75 Å². The number of carbonyl (C=O) groups is 1. The van der Waals surface area contributed by atoms with Gasteiger partial charge in [0.2, 0.25) is 5.91 Å². The molecule has 0 radical (unpaired) electrons. The lowest BCUT2D eigenvalue weighted by Crippen LogP contribution is -2.30. The van der Waals surface area contributed by atoms with Crippen molar-refractivity contribution in [3.8, 4) is 0 Å². The van der Waals surface area contributed by atoms with Crippen LogP contribution in [-0.4, -0.2) is 28.3 Å². The molecule has 2 rings (SSSR count). The Kier molecular flexibility index (Phi) is 4.39. The van der Waals surface area contributed by atoms with Crippen molar-refractivity contribution in [3.63, 3.8) is 0 Å². The van der Waals surface area contributed by atoms with Gasteiger partial charge in [-0.25, -0.2) is 0 Å². The van der Waals surface area contributed by atoms with E-state index in [9.17, 15) is 14.9 Å². The maximum Gasteiger partial charge on any atom is 0.269 e. The van der Waals surface area contributed by atoms with Crippen LogP contribution < -0.4 is 5.32 Å². The van der Waals surface area contributed by atoms with Gasteiger partial charge in [-0.3, -0.25) is 19.9 Å². The molecular formula is C11H10ClN3O3S. The minimum absolute atomic E-state index is 0.0382. The first-order valence-corrected chi connectivity index (χ1v) is 6.86. The highest BCUT2D eigenvalue weighted by molar-refractivity contribution is 8.14. The molecule has 0 saturated heterocycles. The van der Waals surface area contributed by atoms with Crippen LogP contribution in [-0.2, 0) is 4.79 Å². The van der Waals surface area contributed by atoms with E-state index < -0.39 is 10.3 Å². The summed E-state index contributed by atoms with van der Waals surface area (Å²) in [5.74, 6) is 0.462. The molecule has 0 aliphatic carbocycles. The van der Waals surface area contributed by atoms with E-state index in [2.05, 4.69) is 10.3 Å². The number of hydrogen-bond donors (Lipinski definition) is 1. The predicted molar refractivity (Wildman–Crippen MR) is 74.6 cm³/mol. The quantitative estimate of drug-likeness (QED) is 0.526. The zero-order valence-corrected chi connectivity index (χ0v) is 11.3. The van der Waals surface area contributed by atoms with E-state index in [4.69, 9.17) is 11.6 Å². The van der Waals surface area contributed by atoms with Crippen LogP contribution in [0.5, 0.6) is 0 Å². The Balaban J connectivity index is 2.03. The fourth-order valence-electron chi connectivity index (χ4n) is 1.50. The van der Waals surface area contributed by atoms with E-state index in [-0.39, 0.29) is 11.6 Å². The van der Waals surface area contributed by atoms with Gasteiger partial charge in [-0.2, -0.15) is 0 Å². The molecule has 1 aromatic carbocycles. The van der Waals surface area contributed by atoms with Crippen molar-refractivity contribution in [1.82, 2.24) is 5.32 Å². The zero-order chi connectivity index (χ0) is 13.8. The van der Waals surface area contributed by atoms with E-state index >= 15 is 0 Å². The topological polar surface area (TPSA) is 84.6 Å². The highest BCUT2D eigenvalue weighted by atomic mass is 35.5. The number of rotatable bonds is 3. The number of non-ortho nitro benzene ring substituents is 1. The molecule has 1 heterocycles. The van der Waals surface area contributed by atoms with Crippen molar-refractivity contribution in [2.24, 2.45) is 4.99 Å². The maximum atomic E-state index is 11.8. The summed E-state index contributed by atoms with van der Waals surface area (Å²) in [6.07, 6.45) is 0. The number of halogens is 1. The van der Waals surface area contributed by atoms with Gasteiger partial charge >= 0.3 is 0 Å². The highest BCUT2D eigenvalue weighted by Gasteiger charge is 2.21. The van der Waals surface area contributed by atoms with Crippen LogP contribution in [0.2, 0.25) is 0 Å². The number of carbonyl (C=O) groups excluding carboxylic acids is 1. The molecule has 6 nitrogen and oxygen atoms in total. The molecular weight excluding hydrogens is 290 g/mol. The molecule has 0 unspecified atom stereocenters. The average Bonchev–Trinajstić information content (AvgIpc) is 2.90. The number of benzene rings is 1. The second-order valence-electron chi connectivity index (χ2n) is 3.74. The van der Waals surface area contributed by atoms with Crippen molar-refractivity contribution < 1.29 is 9.72 Å². The second kappa shape index (κ2) is 6.03. The third-order valence-corrected chi connectivity index (χ3v) is 3.78. The van der Waals surface area contributed by atoms with Gasteiger partial charge in [0.25, 0.3) is 5.69 Å². The van der Waals surface area contributed by atoms with Gasteiger partial charge in [0.1, 0.15) is 5.38 Å². The fraction of sp³-hybridized carbons (Fsp3) is 0.273. The van der Waals surface area contributed by atoms with Gasteiger partial charge in [-0.1, -0.05) is 23.9 Å². The van der Waals surface area contributed by atoms with Crippen LogP contribution >= 0.6 is 23.4 Å². The largest absolute Gasteiger partial charge is 0.304 e. The molecule has 0 fully saturated rings. The summed E-state index contributed by atoms with van der Waals surface area (Å²) in [4.78, 5) is 26.0. The molecule has 0 bridgehead atoms. The summed E-state index contributed by atoms with van der Waals surface area (Å²) in [5, 5.41) is 12.8. The lowest BCUT2D eigenvalue weighted by Gasteiger charge is -2.10. The Bertz CT molecular complexity index is 532. The number of nitro groups is 1. The number of hydrogen-bond acceptors (Lipinski definition) is 5. The lowest BCUT2D eigenvalue weighted by atomic mass is 10.1. The first-order chi connectivity index (χ1) is 9.08. The van der Waals surface area contributed by atoms with Crippen LogP contribution in [0.4, 0.5) is 5.69 Å². The number of nitrogens with zero attached hydrogens (tertiary/aromatic N) is 2. The summed E-state index contributed by atoms with van der Waals surface area (Å²) in [6.45, 7) is 0.685. The molecule has 1 atom stereocenters. The number of amidine groups is 1. The number of amides is 1. The number of aliphatic imine (C=N–C) groups is 1. The molecule has 1 amide bonds. The molecule has 1 aliphatic heterocycles. The number of nitro benzene ring substituents is 1. The predicted octanol–water partition coefficient (Wildman–Crippen LogP) is 2.09. The third-order valence-electron chi connectivity index (χ3n) is 2.44. The third kappa shape index (κ3) is 3.45. The van der Waals surface area contributed by atoms with Gasteiger partial charge in [0.15, 0.2) is 5.17 Å². The summed E-state index contributed by atoms with van der Waals surface area (Å²) in [6, 6.07) is 5.58. The zero-order valence-electron chi connectivity index (χ0n) is 9.71. The number of alkyl halides is 1. The first-order valence-electron chi connectivity index (χ1n) is 5.44. The Morgan fingerprint density at radius 3 is 2.68 bits per heavy atom. The minimum atomic E-state index is -0.898. The average molecular weight is 300 g/mol. The molecule has 1 aromatic rings. The molecule has 1 aliphatic rings. The van der Waals surface area contributed by atoms with Gasteiger partial charge in [-0.05, 0) is 5.56 Å². The Hall–Kier alpha value is -1.60. The van der Waals surface area contributed by atoms with Crippen molar-refractivity contribution in [2.45, 2.75) is 5.38 Å². The molecule has 0 saturated carbocycles. The van der Waals surface area contributed by atoms with E-state index in [0.29, 0.717) is 17.3 Å². The van der Waals surface area contributed by atoms with Crippen molar-refractivity contribution in [1.29, 1.82) is 0 Å². The highest BCUT2D eigenvalue weighted by Crippen LogP contribution is 2.23. The normalized spacial score (nSPS) is 15.7. The van der Waals surface area contributed by atoms with Gasteiger partial charge in [-0.15, -0.1) is 11.6 Å². The van der Waals surface area contributed by atoms with Crippen LogP contribution in [0.1, 0.15) is 10.9 Å². The fourth-order valence-corrected chi connectivity index (χ4v) is 2.43. The molecule has 19 heavy (non-hydrogen) atoms. The van der Waals surface area contributed by atoms with Crippen LogP contribution in [0.15, 0.2) is 29.3 Å². The Morgan fingerprint density at radius 2 is 2.16 bits per heavy atom. The van der Waals surface area contributed by atoms with Gasteiger partial charge < -0.3 is 5.32 Å².